The van der Waals surface area contributed by atoms with Crippen molar-refractivity contribution in [3.05, 3.63) is 48.3 Å². The van der Waals surface area contributed by atoms with E-state index in [9.17, 15) is 14.0 Å². The molecule has 4 nitrogen and oxygen atoms in total. The Hall–Kier alpha value is -2.17. The summed E-state index contributed by atoms with van der Waals surface area (Å²) in [4.78, 5) is 23.9. The Balaban J connectivity index is 2.74. The van der Waals surface area contributed by atoms with Crippen LogP contribution in [-0.4, -0.2) is 24.4 Å². The largest absolute Gasteiger partial charge is 0.351 e. The topological polar surface area (TPSA) is 58.2 Å². The van der Waals surface area contributed by atoms with Gasteiger partial charge in [-0.3, -0.25) is 9.59 Å². The minimum atomic E-state index is -0.646. The van der Waals surface area contributed by atoms with Crippen molar-refractivity contribution in [2.45, 2.75) is 19.9 Å². The zero-order valence-electron chi connectivity index (χ0n) is 11.7. The van der Waals surface area contributed by atoms with Crippen molar-refractivity contribution in [2.24, 2.45) is 5.92 Å². The molecule has 0 saturated heterocycles. The van der Waals surface area contributed by atoms with Crippen LogP contribution in [0.1, 0.15) is 24.2 Å². The molecule has 0 aromatic heterocycles. The summed E-state index contributed by atoms with van der Waals surface area (Å²) in [5, 5.41) is 5.30. The van der Waals surface area contributed by atoms with Crippen molar-refractivity contribution in [2.75, 3.05) is 6.54 Å². The first-order valence-corrected chi connectivity index (χ1v) is 6.40. The smallest absolute Gasteiger partial charge is 0.251 e. The van der Waals surface area contributed by atoms with Crippen molar-refractivity contribution in [3.63, 3.8) is 0 Å². The molecule has 0 spiro atoms. The first-order chi connectivity index (χ1) is 9.45. The predicted octanol–water partition coefficient (Wildman–Crippen LogP) is 1.88. The molecule has 5 heteroatoms. The lowest BCUT2D eigenvalue weighted by Crippen LogP contribution is -2.49. The summed E-state index contributed by atoms with van der Waals surface area (Å²) < 4.78 is 12.8. The summed E-state index contributed by atoms with van der Waals surface area (Å²) in [6.07, 6.45) is 1.57. The van der Waals surface area contributed by atoms with E-state index in [1.54, 1.807) is 6.08 Å². The number of carbonyl (C=O) groups excluding carboxylic acids is 2. The molecule has 2 amide bonds. The Morgan fingerprint density at radius 1 is 1.30 bits per heavy atom. The molecule has 20 heavy (non-hydrogen) atoms. The van der Waals surface area contributed by atoms with Gasteiger partial charge in [-0.25, -0.2) is 4.39 Å². The molecular weight excluding hydrogens is 259 g/mol. The summed E-state index contributed by atoms with van der Waals surface area (Å²) in [6, 6.07) is 4.52. The van der Waals surface area contributed by atoms with Gasteiger partial charge in [0, 0.05) is 12.1 Å². The van der Waals surface area contributed by atoms with Crippen LogP contribution in [0, 0.1) is 11.7 Å². The van der Waals surface area contributed by atoms with Gasteiger partial charge in [0.25, 0.3) is 5.91 Å². The fourth-order valence-corrected chi connectivity index (χ4v) is 1.64. The first kappa shape index (κ1) is 15.9. The van der Waals surface area contributed by atoms with Gasteiger partial charge < -0.3 is 10.6 Å². The lowest BCUT2D eigenvalue weighted by molar-refractivity contribution is -0.123. The molecule has 2 N–H and O–H groups in total. The molecule has 0 fully saturated rings. The van der Waals surface area contributed by atoms with Gasteiger partial charge in [0.05, 0.1) is 0 Å². The lowest BCUT2D eigenvalue weighted by atomic mass is 10.0. The van der Waals surface area contributed by atoms with Crippen LogP contribution in [0.25, 0.3) is 0 Å². The zero-order chi connectivity index (χ0) is 15.1. The Morgan fingerprint density at radius 2 is 1.90 bits per heavy atom. The van der Waals surface area contributed by atoms with E-state index in [4.69, 9.17) is 0 Å². The van der Waals surface area contributed by atoms with Crippen molar-refractivity contribution < 1.29 is 14.0 Å². The second-order valence-electron chi connectivity index (χ2n) is 4.74. The number of benzene rings is 1. The van der Waals surface area contributed by atoms with Crippen molar-refractivity contribution in [1.82, 2.24) is 10.6 Å². The van der Waals surface area contributed by atoms with Gasteiger partial charge in [-0.1, -0.05) is 19.9 Å². The third-order valence-electron chi connectivity index (χ3n) is 2.76. The number of rotatable bonds is 6. The van der Waals surface area contributed by atoms with Gasteiger partial charge >= 0.3 is 0 Å². The van der Waals surface area contributed by atoms with Crippen LogP contribution in [-0.2, 0) is 4.79 Å². The Labute approximate surface area is 118 Å². The molecule has 0 heterocycles. The van der Waals surface area contributed by atoms with E-state index in [0.717, 1.165) is 0 Å². The fourth-order valence-electron chi connectivity index (χ4n) is 1.64. The number of halogens is 1. The summed E-state index contributed by atoms with van der Waals surface area (Å²) >= 11 is 0. The zero-order valence-corrected chi connectivity index (χ0v) is 11.7. The van der Waals surface area contributed by atoms with Gasteiger partial charge in [-0.05, 0) is 30.2 Å². The molecule has 0 aliphatic heterocycles. The SMILES string of the molecule is C=CCNC(=O)[C@@H](NC(=O)c1ccc(F)cc1)C(C)C. The molecule has 108 valence electrons. The summed E-state index contributed by atoms with van der Waals surface area (Å²) in [6.45, 7) is 7.53. The maximum atomic E-state index is 12.8. The summed E-state index contributed by atoms with van der Waals surface area (Å²) in [5.74, 6) is -1.15. The molecule has 1 atom stereocenters. The van der Waals surface area contributed by atoms with Gasteiger partial charge in [-0.2, -0.15) is 0 Å². The minimum Gasteiger partial charge on any atom is -0.351 e. The van der Waals surface area contributed by atoms with Crippen molar-refractivity contribution in [3.8, 4) is 0 Å². The number of hydrogen-bond donors (Lipinski definition) is 2. The normalized spacial score (nSPS) is 11.8. The molecule has 1 rings (SSSR count). The third kappa shape index (κ3) is 4.50. The van der Waals surface area contributed by atoms with Crippen LogP contribution < -0.4 is 10.6 Å². The maximum Gasteiger partial charge on any atom is 0.251 e. The number of amides is 2. The molecule has 0 bridgehead atoms. The number of nitrogens with one attached hydrogen (secondary N) is 2. The molecule has 0 unspecified atom stereocenters. The van der Waals surface area contributed by atoms with Crippen molar-refractivity contribution >= 4 is 11.8 Å². The Morgan fingerprint density at radius 3 is 2.40 bits per heavy atom. The average Bonchev–Trinajstić information content (AvgIpc) is 2.42. The van der Waals surface area contributed by atoms with E-state index in [1.807, 2.05) is 13.8 Å². The van der Waals surface area contributed by atoms with Crippen molar-refractivity contribution in [1.29, 1.82) is 0 Å². The Kier molecular flexibility index (Phi) is 5.90. The molecular formula is C15H19FN2O2. The van der Waals surface area contributed by atoms with Crippen LogP contribution in [0.5, 0.6) is 0 Å². The maximum absolute atomic E-state index is 12.8. The second-order valence-corrected chi connectivity index (χ2v) is 4.74. The van der Waals surface area contributed by atoms with E-state index >= 15 is 0 Å². The van der Waals surface area contributed by atoms with Crippen LogP contribution in [0.2, 0.25) is 0 Å². The van der Waals surface area contributed by atoms with E-state index in [2.05, 4.69) is 17.2 Å². The highest BCUT2D eigenvalue weighted by atomic mass is 19.1. The Bertz CT molecular complexity index is 483. The van der Waals surface area contributed by atoms with E-state index in [-0.39, 0.29) is 11.8 Å². The minimum absolute atomic E-state index is 0.0655. The highest BCUT2D eigenvalue weighted by Gasteiger charge is 2.24. The van der Waals surface area contributed by atoms with Crippen LogP contribution in [0.15, 0.2) is 36.9 Å². The van der Waals surface area contributed by atoms with Gasteiger partial charge in [0.15, 0.2) is 0 Å². The van der Waals surface area contributed by atoms with Crippen LogP contribution >= 0.6 is 0 Å². The first-order valence-electron chi connectivity index (χ1n) is 6.40. The molecule has 1 aromatic carbocycles. The molecule has 1 aromatic rings. The van der Waals surface area contributed by atoms with Gasteiger partial charge in [0.1, 0.15) is 11.9 Å². The highest BCUT2D eigenvalue weighted by molar-refractivity contribution is 5.97. The summed E-state index contributed by atoms with van der Waals surface area (Å²) in [5.41, 5.74) is 0.313. The quantitative estimate of drug-likeness (QED) is 0.781. The molecule has 0 saturated carbocycles. The standard InChI is InChI=1S/C15H19FN2O2/c1-4-9-17-15(20)13(10(2)3)18-14(19)11-5-7-12(16)8-6-11/h4-8,10,13H,1,9H2,2-3H3,(H,17,20)(H,18,19)/t13-/m0/s1. The predicted molar refractivity (Wildman–Crippen MR) is 75.7 cm³/mol. The second kappa shape index (κ2) is 7.43. The fraction of sp³-hybridized carbons (Fsp3) is 0.333. The summed E-state index contributed by atoms with van der Waals surface area (Å²) in [7, 11) is 0. The third-order valence-corrected chi connectivity index (χ3v) is 2.76. The molecule has 0 aliphatic rings. The number of carbonyl (C=O) groups is 2. The van der Waals surface area contributed by atoms with Crippen LogP contribution in [0.4, 0.5) is 4.39 Å². The number of hydrogen-bond acceptors (Lipinski definition) is 2. The van der Waals surface area contributed by atoms with Crippen LogP contribution in [0.3, 0.4) is 0 Å². The van der Waals surface area contributed by atoms with Gasteiger partial charge in [-0.15, -0.1) is 6.58 Å². The molecule has 0 aliphatic carbocycles. The highest BCUT2D eigenvalue weighted by Crippen LogP contribution is 2.06. The van der Waals surface area contributed by atoms with E-state index in [1.165, 1.54) is 24.3 Å². The van der Waals surface area contributed by atoms with E-state index < -0.39 is 17.8 Å². The monoisotopic (exact) mass is 278 g/mol. The van der Waals surface area contributed by atoms with Gasteiger partial charge in [0.2, 0.25) is 5.91 Å². The average molecular weight is 278 g/mol. The lowest BCUT2D eigenvalue weighted by Gasteiger charge is -2.21. The molecule has 0 radical (unpaired) electrons. The van der Waals surface area contributed by atoms with E-state index in [0.29, 0.717) is 12.1 Å².